The molecule has 2 rings (SSSR count). The highest BCUT2D eigenvalue weighted by molar-refractivity contribution is 7.98. The van der Waals surface area contributed by atoms with Crippen LogP contribution in [0.4, 0.5) is 0 Å². The number of hydrogen-bond acceptors (Lipinski definition) is 4. The van der Waals surface area contributed by atoms with Gasteiger partial charge in [-0.3, -0.25) is 9.36 Å². The van der Waals surface area contributed by atoms with E-state index in [9.17, 15) is 4.79 Å². The third-order valence-corrected chi connectivity index (χ3v) is 3.26. The van der Waals surface area contributed by atoms with Gasteiger partial charge in [-0.05, 0) is 25.3 Å². The topological polar surface area (TPSA) is 44.1 Å². The molecule has 0 saturated carbocycles. The monoisotopic (exact) mass is 262 g/mol. The van der Waals surface area contributed by atoms with Crippen molar-refractivity contribution >= 4 is 11.8 Å². The minimum Gasteiger partial charge on any atom is -0.481 e. The minimum absolute atomic E-state index is 0.0996. The molecule has 0 unspecified atom stereocenters. The lowest BCUT2D eigenvalue weighted by molar-refractivity contribution is 0.385. The van der Waals surface area contributed by atoms with Gasteiger partial charge in [-0.2, -0.15) is 4.98 Å². The van der Waals surface area contributed by atoms with E-state index in [1.807, 2.05) is 36.6 Å². The molecule has 18 heavy (non-hydrogen) atoms. The first-order chi connectivity index (χ1) is 8.69. The van der Waals surface area contributed by atoms with Gasteiger partial charge in [0.05, 0.1) is 18.4 Å². The number of thioether (sulfide) groups is 1. The Hall–Kier alpha value is -1.75. The average Bonchev–Trinajstić information content (AvgIpc) is 2.42. The molecule has 1 heterocycles. The van der Waals surface area contributed by atoms with Crippen molar-refractivity contribution in [2.24, 2.45) is 0 Å². The minimum atomic E-state index is -0.0996. The summed E-state index contributed by atoms with van der Waals surface area (Å²) >= 11 is 1.41. The lowest BCUT2D eigenvalue weighted by Gasteiger charge is -2.13. The van der Waals surface area contributed by atoms with Gasteiger partial charge in [-0.25, -0.2) is 0 Å². The SMILES string of the molecule is COc1nc(SC)n(-c2ccccc2)c(=O)c1C. The van der Waals surface area contributed by atoms with Gasteiger partial charge in [0.2, 0.25) is 5.88 Å². The lowest BCUT2D eigenvalue weighted by atomic mass is 10.3. The molecule has 2 aromatic rings. The predicted octanol–water partition coefficient (Wildman–Crippen LogP) is 2.27. The first-order valence-electron chi connectivity index (χ1n) is 5.46. The van der Waals surface area contributed by atoms with E-state index in [1.165, 1.54) is 18.9 Å². The van der Waals surface area contributed by atoms with Gasteiger partial charge < -0.3 is 4.74 Å². The Kier molecular flexibility index (Phi) is 3.72. The van der Waals surface area contributed by atoms with Gasteiger partial charge in [-0.1, -0.05) is 30.0 Å². The summed E-state index contributed by atoms with van der Waals surface area (Å²) in [5.74, 6) is 0.386. The van der Waals surface area contributed by atoms with Crippen molar-refractivity contribution in [3.63, 3.8) is 0 Å². The first kappa shape index (κ1) is 12.7. The van der Waals surface area contributed by atoms with E-state index >= 15 is 0 Å². The van der Waals surface area contributed by atoms with Crippen LogP contribution in [0, 0.1) is 6.92 Å². The number of methoxy groups -OCH3 is 1. The van der Waals surface area contributed by atoms with Crippen LogP contribution in [0.3, 0.4) is 0 Å². The van der Waals surface area contributed by atoms with Gasteiger partial charge in [0.25, 0.3) is 5.56 Å². The molecule has 0 radical (unpaired) electrons. The van der Waals surface area contributed by atoms with Crippen LogP contribution in [-0.4, -0.2) is 22.9 Å². The number of benzene rings is 1. The summed E-state index contributed by atoms with van der Waals surface area (Å²) in [6.07, 6.45) is 1.88. The summed E-state index contributed by atoms with van der Waals surface area (Å²) in [4.78, 5) is 16.7. The maximum Gasteiger partial charge on any atom is 0.265 e. The molecule has 0 fully saturated rings. The Balaban J connectivity index is 2.75. The molecule has 94 valence electrons. The molecular formula is C13H14N2O2S. The van der Waals surface area contributed by atoms with Crippen LogP contribution in [-0.2, 0) is 0 Å². The van der Waals surface area contributed by atoms with E-state index in [4.69, 9.17) is 4.74 Å². The lowest BCUT2D eigenvalue weighted by Crippen LogP contribution is -2.24. The van der Waals surface area contributed by atoms with Crippen LogP contribution in [0.15, 0.2) is 40.3 Å². The van der Waals surface area contributed by atoms with Crippen LogP contribution >= 0.6 is 11.8 Å². The summed E-state index contributed by atoms with van der Waals surface area (Å²) in [5, 5.41) is 0.619. The Bertz CT molecular complexity index is 608. The Morgan fingerprint density at radius 3 is 2.50 bits per heavy atom. The first-order valence-corrected chi connectivity index (χ1v) is 6.68. The van der Waals surface area contributed by atoms with E-state index in [2.05, 4.69) is 4.98 Å². The molecule has 1 aromatic carbocycles. The summed E-state index contributed by atoms with van der Waals surface area (Å²) in [7, 11) is 1.52. The van der Waals surface area contributed by atoms with Crippen LogP contribution in [0.5, 0.6) is 5.88 Å². The zero-order valence-electron chi connectivity index (χ0n) is 10.5. The molecular weight excluding hydrogens is 248 g/mol. The third kappa shape index (κ3) is 2.13. The van der Waals surface area contributed by atoms with Gasteiger partial charge in [0.15, 0.2) is 5.16 Å². The van der Waals surface area contributed by atoms with Crippen molar-refractivity contribution in [1.82, 2.24) is 9.55 Å². The molecule has 0 N–H and O–H groups in total. The number of nitrogens with zero attached hydrogens (tertiary/aromatic N) is 2. The molecule has 4 nitrogen and oxygen atoms in total. The fourth-order valence-corrected chi connectivity index (χ4v) is 2.25. The predicted molar refractivity (Wildman–Crippen MR) is 72.9 cm³/mol. The normalized spacial score (nSPS) is 10.4. The summed E-state index contributed by atoms with van der Waals surface area (Å²) in [5.41, 5.74) is 1.22. The van der Waals surface area contributed by atoms with E-state index in [0.717, 1.165) is 5.69 Å². The molecule has 0 bridgehead atoms. The number of ether oxygens (including phenoxy) is 1. The van der Waals surface area contributed by atoms with Crippen molar-refractivity contribution in [2.45, 2.75) is 12.1 Å². The highest BCUT2D eigenvalue weighted by Gasteiger charge is 2.14. The molecule has 0 aliphatic rings. The molecule has 5 heteroatoms. The Morgan fingerprint density at radius 2 is 1.94 bits per heavy atom. The molecule has 0 aliphatic carbocycles. The average molecular weight is 262 g/mol. The number of aromatic nitrogens is 2. The quantitative estimate of drug-likeness (QED) is 0.628. The van der Waals surface area contributed by atoms with Gasteiger partial charge >= 0.3 is 0 Å². The zero-order valence-corrected chi connectivity index (χ0v) is 11.3. The highest BCUT2D eigenvalue weighted by Crippen LogP contribution is 2.20. The number of hydrogen-bond donors (Lipinski definition) is 0. The molecule has 0 atom stereocenters. The van der Waals surface area contributed by atoms with E-state index < -0.39 is 0 Å². The number of para-hydroxylation sites is 1. The zero-order chi connectivity index (χ0) is 13.1. The highest BCUT2D eigenvalue weighted by atomic mass is 32.2. The van der Waals surface area contributed by atoms with Crippen LogP contribution in [0.25, 0.3) is 5.69 Å². The second-order valence-corrected chi connectivity index (χ2v) is 4.48. The summed E-state index contributed by atoms with van der Waals surface area (Å²) < 4.78 is 6.72. The molecule has 0 aliphatic heterocycles. The maximum absolute atomic E-state index is 12.4. The summed E-state index contributed by atoms with van der Waals surface area (Å²) in [6, 6.07) is 9.47. The Morgan fingerprint density at radius 1 is 1.28 bits per heavy atom. The van der Waals surface area contributed by atoms with Crippen molar-refractivity contribution in [3.05, 3.63) is 46.2 Å². The van der Waals surface area contributed by atoms with E-state index in [-0.39, 0.29) is 5.56 Å². The van der Waals surface area contributed by atoms with Gasteiger partial charge in [0.1, 0.15) is 0 Å². The largest absolute Gasteiger partial charge is 0.481 e. The van der Waals surface area contributed by atoms with E-state index in [1.54, 1.807) is 11.5 Å². The molecule has 1 aromatic heterocycles. The molecule has 0 amide bonds. The van der Waals surface area contributed by atoms with Crippen LogP contribution in [0.1, 0.15) is 5.56 Å². The van der Waals surface area contributed by atoms with Crippen molar-refractivity contribution in [2.75, 3.05) is 13.4 Å². The Labute approximate surface area is 110 Å². The number of rotatable bonds is 3. The maximum atomic E-state index is 12.4. The standard InChI is InChI=1S/C13H14N2O2S/c1-9-11(17-2)14-13(18-3)15(12(9)16)10-7-5-4-6-8-10/h4-8H,1-3H3. The fourth-order valence-electron chi connectivity index (χ4n) is 1.71. The second kappa shape index (κ2) is 5.27. The third-order valence-electron chi connectivity index (χ3n) is 2.62. The van der Waals surface area contributed by atoms with Crippen LogP contribution in [0.2, 0.25) is 0 Å². The van der Waals surface area contributed by atoms with Gasteiger partial charge in [-0.15, -0.1) is 0 Å². The van der Waals surface area contributed by atoms with Gasteiger partial charge in [0, 0.05) is 0 Å². The van der Waals surface area contributed by atoms with Crippen molar-refractivity contribution in [3.8, 4) is 11.6 Å². The molecule has 0 saturated heterocycles. The van der Waals surface area contributed by atoms with Crippen LogP contribution < -0.4 is 10.3 Å². The second-order valence-electron chi connectivity index (χ2n) is 3.71. The van der Waals surface area contributed by atoms with E-state index in [0.29, 0.717) is 16.6 Å². The fraction of sp³-hybridized carbons (Fsp3) is 0.231. The summed E-state index contributed by atoms with van der Waals surface area (Å²) in [6.45, 7) is 1.72. The molecule has 0 spiro atoms. The van der Waals surface area contributed by atoms with Crippen molar-refractivity contribution in [1.29, 1.82) is 0 Å². The smallest absolute Gasteiger partial charge is 0.265 e. The van der Waals surface area contributed by atoms with Crippen molar-refractivity contribution < 1.29 is 4.74 Å².